The number of nitrogens with zero attached hydrogens (tertiary/aromatic N) is 1. The molecule has 1 atom stereocenters. The molecule has 0 spiro atoms. The van der Waals surface area contributed by atoms with Crippen LogP contribution in [-0.2, 0) is 13.6 Å². The normalized spacial score (nSPS) is 14.4. The molecule has 0 aromatic carbocycles. The molecular weight excluding hydrogens is 279 g/mol. The molecule has 0 aliphatic heterocycles. The first-order chi connectivity index (χ1) is 8.89. The van der Waals surface area contributed by atoms with Crippen LogP contribution in [0.15, 0.2) is 24.5 Å². The molecule has 1 aromatic rings. The van der Waals surface area contributed by atoms with Crippen LogP contribution in [0.1, 0.15) is 25.5 Å². The Morgan fingerprint density at radius 3 is 2.21 bits per heavy atom. The molecule has 0 unspecified atom stereocenters. The number of aliphatic hydroxyl groups excluding tert-OH is 1. The maximum Gasteiger partial charge on any atom is 0.402 e. The fourth-order valence-corrected chi connectivity index (χ4v) is 2.99. The molecule has 0 aliphatic carbocycles. The predicted molar refractivity (Wildman–Crippen MR) is 65.0 cm³/mol. The van der Waals surface area contributed by atoms with Crippen LogP contribution in [0, 0.1) is 0 Å². The highest BCUT2D eigenvalue weighted by Crippen LogP contribution is 2.65. The van der Waals surface area contributed by atoms with E-state index in [9.17, 15) is 18.5 Å². The molecule has 0 radical (unpaired) electrons. The fraction of sp³-hybridized carbons (Fsp3) is 0.545. The Hall–Kier alpha value is -0.880. The molecule has 0 saturated carbocycles. The van der Waals surface area contributed by atoms with Gasteiger partial charge in [0, 0.05) is 12.4 Å². The lowest BCUT2D eigenvalue weighted by Crippen LogP contribution is -2.28. The summed E-state index contributed by atoms with van der Waals surface area (Å²) in [5, 5.41) is 9.73. The lowest BCUT2D eigenvalue weighted by atomic mass is 10.1. The lowest BCUT2D eigenvalue weighted by molar-refractivity contribution is -0.0676. The average molecular weight is 295 g/mol. The van der Waals surface area contributed by atoms with Crippen molar-refractivity contribution in [2.75, 3.05) is 13.2 Å². The Morgan fingerprint density at radius 1 is 1.32 bits per heavy atom. The first kappa shape index (κ1) is 16.2. The number of pyridine rings is 1. The van der Waals surface area contributed by atoms with Crippen LogP contribution in [0.5, 0.6) is 0 Å². The number of rotatable bonds is 7. The van der Waals surface area contributed by atoms with Gasteiger partial charge in [-0.15, -0.1) is 0 Å². The Kier molecular flexibility index (Phi) is 5.55. The summed E-state index contributed by atoms with van der Waals surface area (Å²) in [7, 11) is -4.75. The minimum absolute atomic E-state index is 0.111. The first-order valence-electron chi connectivity index (χ1n) is 5.74. The summed E-state index contributed by atoms with van der Waals surface area (Å²) in [6.45, 7) is 2.41. The maximum atomic E-state index is 14.1. The smallest absolute Gasteiger partial charge is 0.381 e. The highest BCUT2D eigenvalue weighted by atomic mass is 31.2. The predicted octanol–water partition coefficient (Wildman–Crippen LogP) is 2.97. The van der Waals surface area contributed by atoms with Gasteiger partial charge in [0.1, 0.15) is 0 Å². The quantitative estimate of drug-likeness (QED) is 0.783. The second kappa shape index (κ2) is 6.52. The molecule has 1 N–H and O–H groups in total. The van der Waals surface area contributed by atoms with E-state index in [2.05, 4.69) is 14.0 Å². The average Bonchev–Trinajstić information content (AvgIpc) is 2.39. The summed E-state index contributed by atoms with van der Waals surface area (Å²) in [5.74, 6) is 0. The zero-order valence-electron chi connectivity index (χ0n) is 10.6. The van der Waals surface area contributed by atoms with Crippen molar-refractivity contribution in [1.82, 2.24) is 4.98 Å². The van der Waals surface area contributed by atoms with Gasteiger partial charge in [0.2, 0.25) is 0 Å². The van der Waals surface area contributed by atoms with Gasteiger partial charge in [-0.25, -0.2) is 0 Å². The largest absolute Gasteiger partial charge is 0.402 e. The number of halogens is 2. The summed E-state index contributed by atoms with van der Waals surface area (Å²) in [4.78, 5) is 3.66. The Bertz CT molecular complexity index is 434. The van der Waals surface area contributed by atoms with E-state index >= 15 is 0 Å². The molecule has 1 rings (SSSR count). The second-order valence-corrected chi connectivity index (χ2v) is 5.71. The Morgan fingerprint density at radius 2 is 1.79 bits per heavy atom. The summed E-state index contributed by atoms with van der Waals surface area (Å²) < 4.78 is 49.5. The van der Waals surface area contributed by atoms with Crippen molar-refractivity contribution in [2.45, 2.75) is 25.6 Å². The van der Waals surface area contributed by atoms with Gasteiger partial charge in [-0.3, -0.25) is 9.55 Å². The van der Waals surface area contributed by atoms with E-state index < -0.39 is 19.4 Å². The number of hydrogen-bond acceptors (Lipinski definition) is 5. The fourth-order valence-electron chi connectivity index (χ4n) is 1.45. The molecule has 0 fully saturated rings. The zero-order valence-corrected chi connectivity index (χ0v) is 11.5. The molecule has 0 amide bonds. The van der Waals surface area contributed by atoms with Gasteiger partial charge >= 0.3 is 13.3 Å². The highest BCUT2D eigenvalue weighted by molar-refractivity contribution is 7.55. The monoisotopic (exact) mass is 295 g/mol. The lowest BCUT2D eigenvalue weighted by Gasteiger charge is -2.29. The van der Waals surface area contributed by atoms with Crippen molar-refractivity contribution in [3.05, 3.63) is 30.1 Å². The van der Waals surface area contributed by atoms with Crippen LogP contribution < -0.4 is 0 Å². The number of aliphatic hydroxyl groups is 1. The summed E-state index contributed by atoms with van der Waals surface area (Å²) in [6, 6.07) is 2.42. The molecular formula is C11H16F2NO4P. The van der Waals surface area contributed by atoms with Crippen molar-refractivity contribution in [3.63, 3.8) is 0 Å². The standard InChI is InChI=1S/C11H16F2NO4P/c1-3-17-19(16,18-4-2)11(12,13)10(15)9-5-7-14-8-6-9/h5-8,10,15H,3-4H2,1-2H3/t10-/m0/s1. The van der Waals surface area contributed by atoms with Gasteiger partial charge in [-0.1, -0.05) is 0 Å². The third-order valence-electron chi connectivity index (χ3n) is 2.31. The van der Waals surface area contributed by atoms with E-state index in [1.54, 1.807) is 0 Å². The molecule has 0 bridgehead atoms. The van der Waals surface area contributed by atoms with Crippen LogP contribution in [-0.4, -0.2) is 29.0 Å². The van der Waals surface area contributed by atoms with E-state index in [1.807, 2.05) is 0 Å². The number of hydrogen-bond donors (Lipinski definition) is 1. The maximum absolute atomic E-state index is 14.1. The van der Waals surface area contributed by atoms with Crippen LogP contribution >= 0.6 is 7.60 Å². The Balaban J connectivity index is 3.09. The molecule has 108 valence electrons. The van der Waals surface area contributed by atoms with Gasteiger partial charge in [0.05, 0.1) is 13.2 Å². The third kappa shape index (κ3) is 3.36. The van der Waals surface area contributed by atoms with Gasteiger partial charge in [-0.05, 0) is 31.5 Å². The van der Waals surface area contributed by atoms with E-state index in [0.29, 0.717) is 0 Å². The topological polar surface area (TPSA) is 68.7 Å². The number of alkyl halides is 2. The van der Waals surface area contributed by atoms with E-state index in [-0.39, 0.29) is 18.8 Å². The van der Waals surface area contributed by atoms with Crippen LogP contribution in [0.3, 0.4) is 0 Å². The number of aromatic nitrogens is 1. The van der Waals surface area contributed by atoms with E-state index in [0.717, 1.165) is 0 Å². The molecule has 19 heavy (non-hydrogen) atoms. The van der Waals surface area contributed by atoms with Gasteiger partial charge in [-0.2, -0.15) is 8.78 Å². The summed E-state index contributed by atoms with van der Waals surface area (Å²) in [6.07, 6.45) is 0.210. The second-order valence-electron chi connectivity index (χ2n) is 3.60. The van der Waals surface area contributed by atoms with Crippen molar-refractivity contribution < 1.29 is 27.5 Å². The summed E-state index contributed by atoms with van der Waals surface area (Å²) >= 11 is 0. The minimum Gasteiger partial charge on any atom is -0.381 e. The van der Waals surface area contributed by atoms with E-state index in [4.69, 9.17) is 0 Å². The molecule has 1 heterocycles. The summed E-state index contributed by atoms with van der Waals surface area (Å²) in [5.41, 5.74) is -4.15. The van der Waals surface area contributed by atoms with Crippen LogP contribution in [0.2, 0.25) is 0 Å². The van der Waals surface area contributed by atoms with Gasteiger partial charge in [0.15, 0.2) is 6.10 Å². The Labute approximate surface area is 110 Å². The van der Waals surface area contributed by atoms with Crippen LogP contribution in [0.4, 0.5) is 8.78 Å². The van der Waals surface area contributed by atoms with Crippen molar-refractivity contribution >= 4 is 7.60 Å². The molecule has 0 aliphatic rings. The molecule has 8 heteroatoms. The SMILES string of the molecule is CCOP(=O)(OCC)C(F)(F)[C@@H](O)c1ccncc1. The van der Waals surface area contributed by atoms with Crippen molar-refractivity contribution in [2.24, 2.45) is 0 Å². The van der Waals surface area contributed by atoms with Crippen molar-refractivity contribution in [1.29, 1.82) is 0 Å². The van der Waals surface area contributed by atoms with Crippen LogP contribution in [0.25, 0.3) is 0 Å². The van der Waals surface area contributed by atoms with E-state index in [1.165, 1.54) is 38.4 Å². The van der Waals surface area contributed by atoms with Crippen molar-refractivity contribution in [3.8, 4) is 0 Å². The molecule has 0 saturated heterocycles. The van der Waals surface area contributed by atoms with Gasteiger partial charge in [0.25, 0.3) is 0 Å². The molecule has 1 aromatic heterocycles. The highest BCUT2D eigenvalue weighted by Gasteiger charge is 2.59. The van der Waals surface area contributed by atoms with Gasteiger partial charge < -0.3 is 14.2 Å². The molecule has 5 nitrogen and oxygen atoms in total. The minimum atomic E-state index is -4.75. The zero-order chi connectivity index (χ0) is 14.5. The first-order valence-corrected chi connectivity index (χ1v) is 7.28. The third-order valence-corrected chi connectivity index (χ3v) is 4.49.